The molecule has 8 heterocycles. The molecule has 0 radical (unpaired) electrons. The summed E-state index contributed by atoms with van der Waals surface area (Å²) in [4.78, 5) is 64.0. The monoisotopic (exact) mass is 1260 g/mol. The van der Waals surface area contributed by atoms with E-state index in [2.05, 4.69) is 103 Å². The highest BCUT2D eigenvalue weighted by atomic mass is 16.6. The van der Waals surface area contributed by atoms with Crippen LogP contribution in [0.25, 0.3) is 0 Å². The van der Waals surface area contributed by atoms with E-state index < -0.39 is 23.9 Å². The highest BCUT2D eigenvalue weighted by molar-refractivity contribution is 5.95. The number of aromatic carboxylic acids is 2. The number of carbonyl (C=O) groups is 4. The van der Waals surface area contributed by atoms with E-state index in [0.29, 0.717) is 54.1 Å². The fraction of sp³-hybridized carbons (Fsp3) is 0.549. The van der Waals surface area contributed by atoms with Crippen LogP contribution in [0.1, 0.15) is 173 Å². The van der Waals surface area contributed by atoms with E-state index in [9.17, 15) is 24.3 Å². The Balaban J connectivity index is 0.000000227. The van der Waals surface area contributed by atoms with Gasteiger partial charge in [-0.25, -0.2) is 19.2 Å². The molecule has 5 aromatic rings. The van der Waals surface area contributed by atoms with E-state index in [-0.39, 0.29) is 64.5 Å². The summed E-state index contributed by atoms with van der Waals surface area (Å²) in [7, 11) is 10.00. The third-order valence-corrected chi connectivity index (χ3v) is 19.0. The summed E-state index contributed by atoms with van der Waals surface area (Å²) in [6, 6.07) is 15.7. The Hall–Kier alpha value is -7.52. The van der Waals surface area contributed by atoms with Crippen molar-refractivity contribution in [2.24, 2.45) is 35.5 Å². The highest BCUT2D eigenvalue weighted by Crippen LogP contribution is 2.48. The van der Waals surface area contributed by atoms with Gasteiger partial charge in [0.05, 0.1) is 71.0 Å². The van der Waals surface area contributed by atoms with Gasteiger partial charge in [0.2, 0.25) is 0 Å². The number of aliphatic hydroxyl groups is 1. The van der Waals surface area contributed by atoms with Gasteiger partial charge in [0.1, 0.15) is 12.2 Å². The summed E-state index contributed by atoms with van der Waals surface area (Å²) in [6.07, 6.45) is 12.3. The number of pyridine rings is 2. The molecule has 492 valence electrons. The molecule has 20 nitrogen and oxygen atoms in total. The van der Waals surface area contributed by atoms with Crippen LogP contribution in [0.2, 0.25) is 0 Å². The zero-order valence-corrected chi connectivity index (χ0v) is 54.9. The Bertz CT molecular complexity index is 3210. The van der Waals surface area contributed by atoms with Crippen molar-refractivity contribution in [3.05, 3.63) is 129 Å². The van der Waals surface area contributed by atoms with Crippen LogP contribution in [0.3, 0.4) is 0 Å². The molecule has 3 fully saturated rings. The summed E-state index contributed by atoms with van der Waals surface area (Å²) in [5.41, 5.74) is 7.73. The number of methoxy groups -OCH3 is 6. The quantitative estimate of drug-likeness (QED) is 0.0691. The molecule has 6 aliphatic rings. The predicted octanol–water partition coefficient (Wildman–Crippen LogP) is 11.0. The Kier molecular flexibility index (Phi) is 22.6. The maximum Gasteiger partial charge on any atom is 0.340 e. The second-order valence-electron chi connectivity index (χ2n) is 26.4. The molecule has 0 unspecified atom stereocenters. The number of hydrogen-bond donors (Lipinski definition) is 3. The summed E-state index contributed by atoms with van der Waals surface area (Å²) in [5, 5.41) is 27.5. The molecule has 0 aliphatic carbocycles. The van der Waals surface area contributed by atoms with Gasteiger partial charge < -0.3 is 53.2 Å². The molecule has 0 spiro atoms. The van der Waals surface area contributed by atoms with Gasteiger partial charge in [-0.15, -0.1) is 0 Å². The molecule has 3 N–H and O–H groups in total. The summed E-state index contributed by atoms with van der Waals surface area (Å²) < 4.78 is 46.2. The third-order valence-electron chi connectivity index (χ3n) is 19.0. The number of fused-ring (bicyclic) bond motifs is 9. The van der Waals surface area contributed by atoms with E-state index in [1.807, 2.05) is 0 Å². The number of piperidine rings is 3. The van der Waals surface area contributed by atoms with E-state index in [4.69, 9.17) is 48.1 Å². The second kappa shape index (κ2) is 30.3. The van der Waals surface area contributed by atoms with Gasteiger partial charge in [0.15, 0.2) is 34.5 Å². The minimum absolute atomic E-state index is 0.0867. The molecule has 2 aromatic heterocycles. The molecule has 91 heavy (non-hydrogen) atoms. The maximum absolute atomic E-state index is 14.0. The van der Waals surface area contributed by atoms with Gasteiger partial charge in [0, 0.05) is 107 Å². The first-order valence-corrected chi connectivity index (χ1v) is 32.1. The number of aliphatic hydroxyl groups excluding tert-OH is 1. The molecule has 20 heteroatoms. The van der Waals surface area contributed by atoms with Gasteiger partial charge in [-0.3, -0.25) is 24.7 Å². The number of benzene rings is 3. The largest absolute Gasteiger partial charge is 0.493 e. The summed E-state index contributed by atoms with van der Waals surface area (Å²) >= 11 is 0. The molecule has 0 amide bonds. The fourth-order valence-corrected chi connectivity index (χ4v) is 14.8. The average molecular weight is 1260 g/mol. The van der Waals surface area contributed by atoms with Crippen molar-refractivity contribution in [3.8, 4) is 34.5 Å². The smallest absolute Gasteiger partial charge is 0.340 e. The van der Waals surface area contributed by atoms with Crippen LogP contribution in [0, 0.1) is 35.5 Å². The minimum atomic E-state index is -1.19. The molecule has 11 rings (SSSR count). The first kappa shape index (κ1) is 67.9. The third kappa shape index (κ3) is 15.9. The molecule has 6 aliphatic heterocycles. The summed E-state index contributed by atoms with van der Waals surface area (Å²) in [6.45, 7) is 18.9. The molecule has 0 bridgehead atoms. The molecular weight excluding hydrogens is 1160 g/mol. The zero-order chi connectivity index (χ0) is 65.4. The molecular formula is C71H93N5O15. The van der Waals surface area contributed by atoms with Gasteiger partial charge in [0.25, 0.3) is 0 Å². The Morgan fingerprint density at radius 3 is 1.07 bits per heavy atom. The van der Waals surface area contributed by atoms with Crippen LogP contribution in [-0.2, 0) is 28.7 Å². The first-order valence-electron chi connectivity index (χ1n) is 32.1. The number of esters is 2. The van der Waals surface area contributed by atoms with Crippen LogP contribution in [0.5, 0.6) is 34.5 Å². The SMILES string of the molecule is COc1cc2c(cc1OC)[C@H]1C[C@@H](O)[C@H](CC(C)C)CN1CC2.COc1cc2c(cc1OC)[C@H]1C[C@@H](OC(=O)c3cncc(C(=O)O[C@@H]4C[C@@H]5c6cc(OC)c(OC)cc6CCN5C[C@H]4CC(C)C)c3)[C@H](CC(C)C)CN1CC2.O=C(O)c1cncc(C(=O)O)c1. The van der Waals surface area contributed by atoms with Crippen LogP contribution >= 0.6 is 0 Å². The molecule has 3 saturated heterocycles. The minimum Gasteiger partial charge on any atom is -0.493 e. The number of ether oxygens (including phenoxy) is 8. The lowest BCUT2D eigenvalue weighted by Crippen LogP contribution is -2.49. The van der Waals surface area contributed by atoms with E-state index in [1.54, 1.807) is 48.7 Å². The average Bonchev–Trinajstić information content (AvgIpc) is 0.810. The van der Waals surface area contributed by atoms with Gasteiger partial charge in [-0.05, 0) is 151 Å². The second-order valence-corrected chi connectivity index (χ2v) is 26.4. The Morgan fingerprint density at radius 2 is 0.736 bits per heavy atom. The number of nitrogens with zero attached hydrogens (tertiary/aromatic N) is 5. The van der Waals surface area contributed by atoms with E-state index >= 15 is 0 Å². The normalized spacial score (nSPS) is 23.4. The Labute approximate surface area is 535 Å². The number of aromatic nitrogens is 2. The van der Waals surface area contributed by atoms with Gasteiger partial charge in [-0.2, -0.15) is 0 Å². The van der Waals surface area contributed by atoms with Crippen molar-refractivity contribution in [2.75, 3.05) is 81.9 Å². The fourth-order valence-electron chi connectivity index (χ4n) is 14.8. The van der Waals surface area contributed by atoms with Crippen LogP contribution < -0.4 is 28.4 Å². The molecule has 9 atom stereocenters. The molecule has 0 saturated carbocycles. The van der Waals surface area contributed by atoms with E-state index in [1.165, 1.54) is 45.8 Å². The van der Waals surface area contributed by atoms with Crippen molar-refractivity contribution in [1.29, 1.82) is 0 Å². The van der Waals surface area contributed by atoms with Crippen molar-refractivity contribution in [2.45, 2.75) is 136 Å². The molecule has 3 aromatic carbocycles. The maximum atomic E-state index is 14.0. The first-order chi connectivity index (χ1) is 43.6. The van der Waals surface area contributed by atoms with Crippen molar-refractivity contribution in [1.82, 2.24) is 24.7 Å². The van der Waals surface area contributed by atoms with E-state index in [0.717, 1.165) is 126 Å². The number of rotatable bonds is 18. The number of carbonyl (C=O) groups excluding carboxylic acids is 2. The van der Waals surface area contributed by atoms with Gasteiger partial charge in [-0.1, -0.05) is 41.5 Å². The van der Waals surface area contributed by atoms with Crippen LogP contribution in [0.4, 0.5) is 0 Å². The van der Waals surface area contributed by atoms with Crippen molar-refractivity contribution in [3.63, 3.8) is 0 Å². The van der Waals surface area contributed by atoms with Gasteiger partial charge >= 0.3 is 23.9 Å². The summed E-state index contributed by atoms with van der Waals surface area (Å²) in [5.74, 6) is 3.37. The number of carboxylic acids is 2. The van der Waals surface area contributed by atoms with Crippen LogP contribution in [-0.4, -0.2) is 164 Å². The standard InChI is InChI=1S/C45H59N3O8.C19H29NO3.C7H5NO4/c1-26(2)13-32-24-47-11-9-28-16-40(51-5)42(53-7)18-34(28)36(47)20-38(32)55-44(49)30-15-31(23-46-22-30)45(50)56-39-21-37-35-19-43(54-8)41(52-6)17-29(35)10-12-48(37)25-33(39)14-27(3)4;1-12(2)7-14-11-20-6-5-13-8-18(22-3)19(23-4)9-15(13)16(20)10-17(14)21;9-6(10)4-1-5(7(11)12)3-8-2-4/h15-19,22-23,26-27,32-33,36-39H,9-14,20-21,24-25H2,1-8H3;8-9,12,14,16-17,21H,5-7,10-11H2,1-4H3;1-3H,(H,9,10)(H,11,12)/t32-,33-,36-,37-,38-,39-;14-,16-,17-;/m11./s1. The lowest BCUT2D eigenvalue weighted by atomic mass is 9.79. The predicted molar refractivity (Wildman–Crippen MR) is 342 cm³/mol. The van der Waals surface area contributed by atoms with Crippen LogP contribution in [0.15, 0.2) is 73.3 Å². The zero-order valence-electron chi connectivity index (χ0n) is 54.9. The van der Waals surface area contributed by atoms with Crippen molar-refractivity contribution < 1.29 is 72.4 Å². The lowest BCUT2D eigenvalue weighted by molar-refractivity contribution is -0.0419. The Morgan fingerprint density at radius 1 is 0.440 bits per heavy atom. The van der Waals surface area contributed by atoms with Crippen molar-refractivity contribution >= 4 is 23.9 Å². The number of hydrogen-bond acceptors (Lipinski definition) is 18. The topological polar surface area (TPSA) is 238 Å². The highest BCUT2D eigenvalue weighted by Gasteiger charge is 2.44. The lowest BCUT2D eigenvalue weighted by Gasteiger charge is -2.47. The number of carboxylic acid groups (broad SMARTS) is 2.